The van der Waals surface area contributed by atoms with Crippen molar-refractivity contribution in [3.05, 3.63) is 81.0 Å². The molecule has 3 heterocycles. The van der Waals surface area contributed by atoms with E-state index < -0.39 is 4.92 Å². The van der Waals surface area contributed by atoms with E-state index in [1.54, 1.807) is 12.1 Å². The fraction of sp³-hybridized carbons (Fsp3) is 0.304. The summed E-state index contributed by atoms with van der Waals surface area (Å²) in [4.78, 5) is 21.3. The van der Waals surface area contributed by atoms with Crippen molar-refractivity contribution in [3.8, 4) is 5.88 Å². The van der Waals surface area contributed by atoms with Gasteiger partial charge in [0, 0.05) is 50.4 Å². The first-order valence-electron chi connectivity index (χ1n) is 10.9. The number of aryl methyl sites for hydroxylation is 1. The number of nitro benzene ring substituents is 1. The van der Waals surface area contributed by atoms with Gasteiger partial charge in [0.15, 0.2) is 5.82 Å². The lowest BCUT2D eigenvalue weighted by Crippen LogP contribution is -2.47. The minimum absolute atomic E-state index is 0.0471. The van der Waals surface area contributed by atoms with Crippen molar-refractivity contribution in [1.82, 2.24) is 19.5 Å². The molecule has 0 saturated carbocycles. The molecule has 170 valence electrons. The van der Waals surface area contributed by atoms with Crippen molar-refractivity contribution in [1.29, 1.82) is 0 Å². The normalized spacial score (nSPS) is 15.7. The molecule has 4 aromatic rings. The Balaban J connectivity index is 1.49. The number of benzene rings is 2. The highest BCUT2D eigenvalue weighted by atomic mass is 32.1. The summed E-state index contributed by atoms with van der Waals surface area (Å²) in [6, 6.07) is 16.7. The van der Waals surface area contributed by atoms with Crippen LogP contribution in [0.5, 0.6) is 5.88 Å². The molecule has 1 unspecified atom stereocenters. The Labute approximate surface area is 194 Å². The van der Waals surface area contributed by atoms with Crippen molar-refractivity contribution in [2.24, 2.45) is 0 Å². The number of thiazole rings is 1. The summed E-state index contributed by atoms with van der Waals surface area (Å²) >= 11 is 1.41. The Morgan fingerprint density at radius 1 is 1.09 bits per heavy atom. The van der Waals surface area contributed by atoms with Gasteiger partial charge in [-0.3, -0.25) is 15.0 Å². The number of hydrogen-bond donors (Lipinski definition) is 1. The lowest BCUT2D eigenvalue weighted by Gasteiger charge is -2.40. The topological polar surface area (TPSA) is 100 Å². The van der Waals surface area contributed by atoms with Crippen molar-refractivity contribution < 1.29 is 10.0 Å². The molecule has 9 nitrogen and oxygen atoms in total. The Bertz CT molecular complexity index is 1260. The molecule has 0 aliphatic carbocycles. The average Bonchev–Trinajstić information content (AvgIpc) is 3.39. The van der Waals surface area contributed by atoms with Gasteiger partial charge in [0.25, 0.3) is 5.69 Å². The van der Waals surface area contributed by atoms with Crippen molar-refractivity contribution in [3.63, 3.8) is 0 Å². The van der Waals surface area contributed by atoms with Crippen LogP contribution >= 0.6 is 11.3 Å². The Hall–Kier alpha value is -3.50. The second-order valence-electron chi connectivity index (χ2n) is 7.98. The maximum atomic E-state index is 11.2. The summed E-state index contributed by atoms with van der Waals surface area (Å²) in [6.07, 6.45) is 0.691. The maximum absolute atomic E-state index is 11.2. The SMILES string of the molecule is CCc1nc2sc(C(c3ccc([N+](=O)[O-])cc3)N3CCN(c4ccccc4)CC3)c(O)n2n1. The zero-order valence-electron chi connectivity index (χ0n) is 18.2. The number of non-ortho nitro benzene ring substituents is 1. The monoisotopic (exact) mass is 464 g/mol. The number of para-hydroxylation sites is 1. The molecule has 10 heteroatoms. The van der Waals surface area contributed by atoms with E-state index >= 15 is 0 Å². The summed E-state index contributed by atoms with van der Waals surface area (Å²) in [5, 5.41) is 26.6. The number of fused-ring (bicyclic) bond motifs is 1. The van der Waals surface area contributed by atoms with Crippen LogP contribution in [-0.2, 0) is 6.42 Å². The molecule has 1 aliphatic rings. The van der Waals surface area contributed by atoms with Gasteiger partial charge in [0.1, 0.15) is 0 Å². The number of anilines is 1. The number of nitro groups is 1. The van der Waals surface area contributed by atoms with E-state index in [0.29, 0.717) is 17.2 Å². The molecule has 1 N–H and O–H groups in total. The number of piperazine rings is 1. The van der Waals surface area contributed by atoms with E-state index in [0.717, 1.165) is 36.6 Å². The van der Waals surface area contributed by atoms with Crippen LogP contribution in [0.3, 0.4) is 0 Å². The van der Waals surface area contributed by atoms with Gasteiger partial charge in [0.05, 0.1) is 15.8 Å². The summed E-state index contributed by atoms with van der Waals surface area (Å²) in [5.41, 5.74) is 2.13. The lowest BCUT2D eigenvalue weighted by atomic mass is 10.0. The van der Waals surface area contributed by atoms with E-state index in [-0.39, 0.29) is 17.6 Å². The van der Waals surface area contributed by atoms with Crippen LogP contribution in [0.4, 0.5) is 11.4 Å². The first-order valence-corrected chi connectivity index (χ1v) is 11.7. The molecule has 1 fully saturated rings. The fourth-order valence-electron chi connectivity index (χ4n) is 4.30. The molecule has 0 amide bonds. The standard InChI is InChI=1S/C23H24N6O3S/c1-2-19-24-23-28(25-19)22(30)21(33-23)20(16-8-10-18(11-9-16)29(31)32)27-14-12-26(13-15-27)17-6-4-3-5-7-17/h3-11,20,30H,2,12-15H2,1H3. The third kappa shape index (κ3) is 4.03. The predicted octanol–water partition coefficient (Wildman–Crippen LogP) is 3.88. The zero-order chi connectivity index (χ0) is 22.9. The van der Waals surface area contributed by atoms with Crippen LogP contribution in [0.25, 0.3) is 4.96 Å². The smallest absolute Gasteiger partial charge is 0.269 e. The molecule has 5 rings (SSSR count). The second-order valence-corrected chi connectivity index (χ2v) is 8.98. The first kappa shape index (κ1) is 21.4. The van der Waals surface area contributed by atoms with E-state index in [1.807, 2.05) is 25.1 Å². The summed E-state index contributed by atoms with van der Waals surface area (Å²) in [5.74, 6) is 0.766. The van der Waals surface area contributed by atoms with Gasteiger partial charge in [-0.1, -0.05) is 48.6 Å². The van der Waals surface area contributed by atoms with E-state index in [2.05, 4.69) is 32.0 Å². The molecule has 2 aromatic heterocycles. The van der Waals surface area contributed by atoms with Crippen LogP contribution in [0, 0.1) is 10.1 Å². The van der Waals surface area contributed by atoms with Crippen LogP contribution in [0.15, 0.2) is 54.6 Å². The summed E-state index contributed by atoms with van der Waals surface area (Å²) in [6.45, 7) is 5.22. The molecular weight excluding hydrogens is 440 g/mol. The van der Waals surface area contributed by atoms with E-state index in [1.165, 1.54) is 33.7 Å². The minimum Gasteiger partial charge on any atom is -0.492 e. The van der Waals surface area contributed by atoms with Gasteiger partial charge in [0.2, 0.25) is 10.8 Å². The molecule has 1 atom stereocenters. The molecular formula is C23H24N6O3S. The van der Waals surface area contributed by atoms with Crippen molar-refractivity contribution >= 4 is 27.7 Å². The van der Waals surface area contributed by atoms with Gasteiger partial charge in [-0.05, 0) is 17.7 Å². The molecule has 2 aromatic carbocycles. The van der Waals surface area contributed by atoms with Crippen molar-refractivity contribution in [2.45, 2.75) is 19.4 Å². The lowest BCUT2D eigenvalue weighted by molar-refractivity contribution is -0.384. The van der Waals surface area contributed by atoms with Crippen LogP contribution in [-0.4, -0.2) is 55.7 Å². The highest BCUT2D eigenvalue weighted by molar-refractivity contribution is 7.17. The highest BCUT2D eigenvalue weighted by Gasteiger charge is 2.32. The number of aromatic hydroxyl groups is 1. The quantitative estimate of drug-likeness (QED) is 0.341. The zero-order valence-corrected chi connectivity index (χ0v) is 19.0. The van der Waals surface area contributed by atoms with Crippen LogP contribution in [0.2, 0.25) is 0 Å². The van der Waals surface area contributed by atoms with Crippen molar-refractivity contribution in [2.75, 3.05) is 31.1 Å². The largest absolute Gasteiger partial charge is 0.492 e. The molecule has 0 radical (unpaired) electrons. The number of hydrogen-bond acceptors (Lipinski definition) is 8. The van der Waals surface area contributed by atoms with Crippen LogP contribution in [0.1, 0.15) is 29.2 Å². The third-order valence-electron chi connectivity index (χ3n) is 6.03. The summed E-state index contributed by atoms with van der Waals surface area (Å²) < 4.78 is 1.50. The predicted molar refractivity (Wildman–Crippen MR) is 127 cm³/mol. The molecule has 0 bridgehead atoms. The maximum Gasteiger partial charge on any atom is 0.269 e. The molecule has 33 heavy (non-hydrogen) atoms. The van der Waals surface area contributed by atoms with Gasteiger partial charge in [-0.2, -0.15) is 4.52 Å². The van der Waals surface area contributed by atoms with E-state index in [4.69, 9.17) is 0 Å². The average molecular weight is 465 g/mol. The fourth-order valence-corrected chi connectivity index (χ4v) is 5.44. The number of rotatable bonds is 6. The van der Waals surface area contributed by atoms with E-state index in [9.17, 15) is 15.2 Å². The Kier molecular flexibility index (Phi) is 5.69. The van der Waals surface area contributed by atoms with Gasteiger partial charge in [-0.25, -0.2) is 4.98 Å². The van der Waals surface area contributed by atoms with Gasteiger partial charge < -0.3 is 10.0 Å². The van der Waals surface area contributed by atoms with Crippen LogP contribution < -0.4 is 4.90 Å². The van der Waals surface area contributed by atoms with Gasteiger partial charge in [-0.15, -0.1) is 5.10 Å². The first-order chi connectivity index (χ1) is 16.0. The Morgan fingerprint density at radius 2 is 1.79 bits per heavy atom. The number of nitrogens with zero attached hydrogens (tertiary/aromatic N) is 6. The molecule has 0 spiro atoms. The summed E-state index contributed by atoms with van der Waals surface area (Å²) in [7, 11) is 0. The minimum atomic E-state index is -0.399. The highest BCUT2D eigenvalue weighted by Crippen LogP contribution is 2.40. The number of aromatic nitrogens is 3. The van der Waals surface area contributed by atoms with Gasteiger partial charge >= 0.3 is 0 Å². The Morgan fingerprint density at radius 3 is 2.39 bits per heavy atom. The second kappa shape index (κ2) is 8.80. The molecule has 1 saturated heterocycles. The third-order valence-corrected chi connectivity index (χ3v) is 7.10. The molecule has 1 aliphatic heterocycles.